The minimum atomic E-state index is -2.32. The molecule has 1 aliphatic heterocycles. The van der Waals surface area contributed by atoms with Crippen molar-refractivity contribution in [1.82, 2.24) is 0 Å². The van der Waals surface area contributed by atoms with Crippen LogP contribution in [0.15, 0.2) is 18.2 Å². The van der Waals surface area contributed by atoms with Crippen LogP contribution in [-0.2, 0) is 0 Å². The van der Waals surface area contributed by atoms with Crippen molar-refractivity contribution in [3.8, 4) is 0 Å². The first-order valence-electron chi connectivity index (χ1n) is 8.18. The SMILES string of the molecule is O=C(Nc1ccc(N2CCCCC2)c(Cl)c1)c1c(F)c(F)c(F)c(F)c1F. The molecule has 27 heavy (non-hydrogen) atoms. The number of rotatable bonds is 3. The highest BCUT2D eigenvalue weighted by molar-refractivity contribution is 6.33. The van der Waals surface area contributed by atoms with Gasteiger partial charge in [-0.05, 0) is 37.5 Å². The Labute approximate surface area is 156 Å². The Morgan fingerprint density at radius 1 is 0.889 bits per heavy atom. The van der Waals surface area contributed by atoms with E-state index >= 15 is 0 Å². The topological polar surface area (TPSA) is 32.3 Å². The number of nitrogens with one attached hydrogen (secondary N) is 1. The van der Waals surface area contributed by atoms with Crippen LogP contribution in [-0.4, -0.2) is 19.0 Å². The Morgan fingerprint density at radius 2 is 1.44 bits per heavy atom. The molecule has 1 amide bonds. The summed E-state index contributed by atoms with van der Waals surface area (Å²) in [6.07, 6.45) is 3.17. The predicted octanol–water partition coefficient (Wildman–Crippen LogP) is 5.28. The summed E-state index contributed by atoms with van der Waals surface area (Å²) in [5.74, 6) is -12.5. The van der Waals surface area contributed by atoms with E-state index in [1.807, 2.05) is 0 Å². The van der Waals surface area contributed by atoms with Gasteiger partial charge in [0.2, 0.25) is 5.82 Å². The maximum atomic E-state index is 13.7. The van der Waals surface area contributed by atoms with E-state index in [1.54, 1.807) is 6.07 Å². The molecule has 2 aromatic carbocycles. The molecule has 1 aliphatic rings. The summed E-state index contributed by atoms with van der Waals surface area (Å²) < 4.78 is 67.0. The zero-order valence-corrected chi connectivity index (χ0v) is 14.6. The first-order chi connectivity index (χ1) is 12.8. The Bertz CT molecular complexity index is 871. The van der Waals surface area contributed by atoms with Gasteiger partial charge in [0, 0.05) is 18.8 Å². The summed E-state index contributed by atoms with van der Waals surface area (Å²) in [5, 5.41) is 2.41. The third kappa shape index (κ3) is 3.71. The van der Waals surface area contributed by atoms with Gasteiger partial charge in [-0.15, -0.1) is 0 Å². The lowest BCUT2D eigenvalue weighted by atomic mass is 10.1. The van der Waals surface area contributed by atoms with Crippen LogP contribution in [0.25, 0.3) is 0 Å². The monoisotopic (exact) mass is 404 g/mol. The quantitative estimate of drug-likeness (QED) is 0.429. The number of anilines is 2. The summed E-state index contributed by atoms with van der Waals surface area (Å²) in [6.45, 7) is 1.66. The van der Waals surface area contributed by atoms with Crippen LogP contribution in [0.3, 0.4) is 0 Å². The molecule has 0 atom stereocenters. The highest BCUT2D eigenvalue weighted by Crippen LogP contribution is 2.31. The van der Waals surface area contributed by atoms with E-state index in [0.29, 0.717) is 5.02 Å². The lowest BCUT2D eigenvalue weighted by Crippen LogP contribution is -2.29. The van der Waals surface area contributed by atoms with Crippen molar-refractivity contribution in [2.45, 2.75) is 19.3 Å². The molecule has 0 bridgehead atoms. The molecule has 1 fully saturated rings. The first kappa shape index (κ1) is 19.4. The molecule has 0 spiro atoms. The van der Waals surface area contributed by atoms with E-state index in [2.05, 4.69) is 10.2 Å². The number of carbonyl (C=O) groups is 1. The average molecular weight is 405 g/mol. The van der Waals surface area contributed by atoms with E-state index in [-0.39, 0.29) is 5.69 Å². The van der Waals surface area contributed by atoms with E-state index in [9.17, 15) is 26.7 Å². The lowest BCUT2D eigenvalue weighted by molar-refractivity contribution is 0.101. The van der Waals surface area contributed by atoms with E-state index < -0.39 is 40.6 Å². The number of hydrogen-bond acceptors (Lipinski definition) is 2. The Morgan fingerprint density at radius 3 is 2.00 bits per heavy atom. The molecule has 0 aromatic heterocycles. The van der Waals surface area contributed by atoms with Gasteiger partial charge in [0.1, 0.15) is 5.56 Å². The highest BCUT2D eigenvalue weighted by Gasteiger charge is 2.29. The molecule has 2 aromatic rings. The largest absolute Gasteiger partial charge is 0.370 e. The standard InChI is InChI=1S/C18H14ClF5N2O/c19-10-8-9(4-5-11(10)26-6-2-1-3-7-26)25-18(27)12-13(20)15(22)17(24)16(23)14(12)21/h4-5,8H,1-3,6-7H2,(H,25,27). The number of piperidine rings is 1. The second kappa shape index (κ2) is 7.72. The molecule has 0 aliphatic carbocycles. The Hall–Kier alpha value is -2.35. The molecule has 0 radical (unpaired) electrons. The van der Waals surface area contributed by atoms with E-state index in [1.165, 1.54) is 12.1 Å². The van der Waals surface area contributed by atoms with Gasteiger partial charge >= 0.3 is 0 Å². The summed E-state index contributed by atoms with van der Waals surface area (Å²) in [4.78, 5) is 14.1. The van der Waals surface area contributed by atoms with Crippen molar-refractivity contribution in [3.05, 3.63) is 57.9 Å². The highest BCUT2D eigenvalue weighted by atomic mass is 35.5. The number of amides is 1. The van der Waals surface area contributed by atoms with Gasteiger partial charge < -0.3 is 10.2 Å². The third-order valence-electron chi connectivity index (χ3n) is 4.34. The van der Waals surface area contributed by atoms with Crippen LogP contribution in [0.5, 0.6) is 0 Å². The van der Waals surface area contributed by atoms with Gasteiger partial charge in [-0.3, -0.25) is 4.79 Å². The van der Waals surface area contributed by atoms with Crippen LogP contribution in [0.1, 0.15) is 29.6 Å². The number of carbonyl (C=O) groups excluding carboxylic acids is 1. The predicted molar refractivity (Wildman–Crippen MR) is 91.7 cm³/mol. The number of nitrogens with zero attached hydrogens (tertiary/aromatic N) is 1. The summed E-state index contributed by atoms with van der Waals surface area (Å²) in [5.41, 5.74) is -0.747. The maximum absolute atomic E-state index is 13.7. The van der Waals surface area contributed by atoms with Gasteiger partial charge in [-0.1, -0.05) is 11.6 Å². The Kier molecular flexibility index (Phi) is 5.55. The van der Waals surface area contributed by atoms with E-state index in [4.69, 9.17) is 11.6 Å². The number of halogens is 6. The molecule has 1 N–H and O–H groups in total. The molecule has 1 heterocycles. The fourth-order valence-corrected chi connectivity index (χ4v) is 3.27. The number of hydrogen-bond donors (Lipinski definition) is 1. The summed E-state index contributed by atoms with van der Waals surface area (Å²) in [6, 6.07) is 4.43. The zero-order chi connectivity index (χ0) is 19.7. The molecular formula is C18H14ClF5N2O. The minimum Gasteiger partial charge on any atom is -0.370 e. The number of benzene rings is 2. The van der Waals surface area contributed by atoms with Crippen LogP contribution >= 0.6 is 11.6 Å². The van der Waals surface area contributed by atoms with Gasteiger partial charge in [0.25, 0.3) is 5.91 Å². The molecular weight excluding hydrogens is 391 g/mol. The summed E-state index contributed by atoms with van der Waals surface area (Å²) in [7, 11) is 0. The van der Waals surface area contributed by atoms with Crippen LogP contribution in [0.4, 0.5) is 33.3 Å². The zero-order valence-electron chi connectivity index (χ0n) is 13.9. The molecule has 0 saturated carbocycles. The molecule has 3 rings (SSSR count). The van der Waals surface area contributed by atoms with Crippen molar-refractivity contribution in [2.24, 2.45) is 0 Å². The molecule has 0 unspecified atom stereocenters. The van der Waals surface area contributed by atoms with Gasteiger partial charge in [0.05, 0.1) is 10.7 Å². The minimum absolute atomic E-state index is 0.0645. The van der Waals surface area contributed by atoms with Crippen molar-refractivity contribution in [3.63, 3.8) is 0 Å². The molecule has 1 saturated heterocycles. The van der Waals surface area contributed by atoms with Crippen molar-refractivity contribution >= 4 is 28.9 Å². The van der Waals surface area contributed by atoms with Crippen LogP contribution in [0, 0.1) is 29.1 Å². The third-order valence-corrected chi connectivity index (χ3v) is 4.64. The van der Waals surface area contributed by atoms with Crippen LogP contribution in [0.2, 0.25) is 5.02 Å². The summed E-state index contributed by atoms with van der Waals surface area (Å²) >= 11 is 6.22. The van der Waals surface area contributed by atoms with E-state index in [0.717, 1.165) is 38.0 Å². The smallest absolute Gasteiger partial charge is 0.261 e. The van der Waals surface area contributed by atoms with Crippen molar-refractivity contribution in [1.29, 1.82) is 0 Å². The second-order valence-corrected chi connectivity index (χ2v) is 6.52. The molecule has 9 heteroatoms. The normalized spacial score (nSPS) is 14.4. The van der Waals surface area contributed by atoms with Crippen molar-refractivity contribution < 1.29 is 26.7 Å². The Balaban J connectivity index is 1.86. The molecule has 3 nitrogen and oxygen atoms in total. The second-order valence-electron chi connectivity index (χ2n) is 6.11. The van der Waals surface area contributed by atoms with Crippen LogP contribution < -0.4 is 10.2 Å². The lowest BCUT2D eigenvalue weighted by Gasteiger charge is -2.29. The van der Waals surface area contributed by atoms with Gasteiger partial charge in [-0.2, -0.15) is 0 Å². The van der Waals surface area contributed by atoms with Gasteiger partial charge in [-0.25, -0.2) is 22.0 Å². The maximum Gasteiger partial charge on any atom is 0.261 e. The first-order valence-corrected chi connectivity index (χ1v) is 8.56. The fraction of sp³-hybridized carbons (Fsp3) is 0.278. The fourth-order valence-electron chi connectivity index (χ4n) is 2.97. The molecule has 144 valence electrons. The average Bonchev–Trinajstić information content (AvgIpc) is 2.66. The van der Waals surface area contributed by atoms with Gasteiger partial charge in [0.15, 0.2) is 23.3 Å². The van der Waals surface area contributed by atoms with Crippen molar-refractivity contribution in [2.75, 3.05) is 23.3 Å².